The van der Waals surface area contributed by atoms with Crippen LogP contribution in [-0.4, -0.2) is 26.7 Å². The molecule has 0 aromatic heterocycles. The maximum Gasteiger partial charge on any atom is 0.146 e. The molecule has 0 amide bonds. The molecule has 0 saturated carbocycles. The molecule has 1 aromatic rings. The second-order valence-corrected chi connectivity index (χ2v) is 4.99. The van der Waals surface area contributed by atoms with Gasteiger partial charge in [0.1, 0.15) is 5.82 Å². The molecule has 2 rings (SSSR count). The number of nitrogens with zero attached hydrogens (tertiary/aromatic N) is 1. The summed E-state index contributed by atoms with van der Waals surface area (Å²) < 4.78 is 13.8. The van der Waals surface area contributed by atoms with Crippen molar-refractivity contribution in [1.29, 1.82) is 0 Å². The number of halogens is 1. The lowest BCUT2D eigenvalue weighted by Crippen LogP contribution is -2.36. The molecule has 1 N–H and O–H groups in total. The predicted molar refractivity (Wildman–Crippen MR) is 70.1 cm³/mol. The normalized spacial score (nSPS) is 20.3. The zero-order chi connectivity index (χ0) is 12.3. The number of hydrogen-bond donors (Lipinski definition) is 1. The van der Waals surface area contributed by atoms with Crippen LogP contribution in [0.25, 0.3) is 0 Å². The standard InChI is InChI=1S/C14H21FN2/c1-17(2)14-11(6-5-8-13(14)15)10-12-7-3-4-9-16-12/h5-6,8,12,16H,3-4,7,9-10H2,1-2H3. The lowest BCUT2D eigenvalue weighted by atomic mass is 9.96. The average Bonchev–Trinajstić information content (AvgIpc) is 2.30. The first-order valence-corrected chi connectivity index (χ1v) is 6.36. The summed E-state index contributed by atoms with van der Waals surface area (Å²) in [6.07, 6.45) is 4.67. The van der Waals surface area contributed by atoms with Crippen molar-refractivity contribution in [2.75, 3.05) is 25.5 Å². The summed E-state index contributed by atoms with van der Waals surface area (Å²) in [6, 6.07) is 5.88. The molecule has 17 heavy (non-hydrogen) atoms. The molecule has 3 heteroatoms. The summed E-state index contributed by atoms with van der Waals surface area (Å²) in [5, 5.41) is 3.51. The molecule has 0 aliphatic carbocycles. The van der Waals surface area contributed by atoms with Gasteiger partial charge in [0.2, 0.25) is 0 Å². The molecule has 1 saturated heterocycles. The molecule has 1 aliphatic heterocycles. The molecular weight excluding hydrogens is 215 g/mol. The van der Waals surface area contributed by atoms with E-state index in [0.29, 0.717) is 6.04 Å². The van der Waals surface area contributed by atoms with Crippen LogP contribution in [-0.2, 0) is 6.42 Å². The fourth-order valence-electron chi connectivity index (χ4n) is 2.59. The lowest BCUT2D eigenvalue weighted by Gasteiger charge is -2.26. The zero-order valence-electron chi connectivity index (χ0n) is 10.7. The van der Waals surface area contributed by atoms with Gasteiger partial charge < -0.3 is 10.2 Å². The van der Waals surface area contributed by atoms with E-state index < -0.39 is 0 Å². The van der Waals surface area contributed by atoms with Crippen LogP contribution in [0.1, 0.15) is 24.8 Å². The molecule has 1 heterocycles. The van der Waals surface area contributed by atoms with Crippen LogP contribution >= 0.6 is 0 Å². The highest BCUT2D eigenvalue weighted by atomic mass is 19.1. The maximum atomic E-state index is 13.8. The average molecular weight is 236 g/mol. The third kappa shape index (κ3) is 2.97. The predicted octanol–water partition coefficient (Wildman–Crippen LogP) is 2.58. The van der Waals surface area contributed by atoms with Crippen LogP contribution in [0.2, 0.25) is 0 Å². The van der Waals surface area contributed by atoms with Gasteiger partial charge in [-0.25, -0.2) is 4.39 Å². The van der Waals surface area contributed by atoms with Crippen molar-refractivity contribution >= 4 is 5.69 Å². The van der Waals surface area contributed by atoms with E-state index >= 15 is 0 Å². The quantitative estimate of drug-likeness (QED) is 0.867. The Labute approximate surface area is 103 Å². The Kier molecular flexibility index (Phi) is 4.00. The largest absolute Gasteiger partial charge is 0.375 e. The molecule has 94 valence electrons. The van der Waals surface area contributed by atoms with Gasteiger partial charge in [0.25, 0.3) is 0 Å². The summed E-state index contributed by atoms with van der Waals surface area (Å²) in [7, 11) is 3.80. The van der Waals surface area contributed by atoms with Gasteiger partial charge in [-0.1, -0.05) is 18.6 Å². The van der Waals surface area contributed by atoms with Gasteiger partial charge in [-0.05, 0) is 37.4 Å². The Morgan fingerprint density at radius 2 is 2.18 bits per heavy atom. The topological polar surface area (TPSA) is 15.3 Å². The highest BCUT2D eigenvalue weighted by Crippen LogP contribution is 2.25. The molecular formula is C14H21FN2. The van der Waals surface area contributed by atoms with Crippen molar-refractivity contribution in [1.82, 2.24) is 5.32 Å². The molecule has 1 atom stereocenters. The van der Waals surface area contributed by atoms with Gasteiger partial charge >= 0.3 is 0 Å². The minimum absolute atomic E-state index is 0.122. The Morgan fingerprint density at radius 1 is 1.35 bits per heavy atom. The van der Waals surface area contributed by atoms with Crippen LogP contribution in [0.4, 0.5) is 10.1 Å². The van der Waals surface area contributed by atoms with Gasteiger partial charge in [-0.2, -0.15) is 0 Å². The monoisotopic (exact) mass is 236 g/mol. The SMILES string of the molecule is CN(C)c1c(F)cccc1CC1CCCCN1. The maximum absolute atomic E-state index is 13.8. The number of rotatable bonds is 3. The van der Waals surface area contributed by atoms with Crippen LogP contribution in [0.3, 0.4) is 0 Å². The van der Waals surface area contributed by atoms with E-state index in [9.17, 15) is 4.39 Å². The minimum Gasteiger partial charge on any atom is -0.375 e. The molecule has 2 nitrogen and oxygen atoms in total. The Hall–Kier alpha value is -1.09. The molecule has 1 aromatic carbocycles. The number of piperidine rings is 1. The highest BCUT2D eigenvalue weighted by molar-refractivity contribution is 5.54. The number of hydrogen-bond acceptors (Lipinski definition) is 2. The third-order valence-corrected chi connectivity index (χ3v) is 3.40. The lowest BCUT2D eigenvalue weighted by molar-refractivity contribution is 0.399. The number of anilines is 1. The van der Waals surface area contributed by atoms with E-state index in [4.69, 9.17) is 0 Å². The smallest absolute Gasteiger partial charge is 0.146 e. The first-order chi connectivity index (χ1) is 8.18. The molecule has 0 bridgehead atoms. The van der Waals surface area contributed by atoms with Crippen LogP contribution < -0.4 is 10.2 Å². The summed E-state index contributed by atoms with van der Waals surface area (Å²) in [5.41, 5.74) is 1.84. The van der Waals surface area contributed by atoms with E-state index in [1.165, 1.54) is 25.3 Å². The summed E-state index contributed by atoms with van der Waals surface area (Å²) in [6.45, 7) is 1.09. The van der Waals surface area contributed by atoms with Gasteiger partial charge in [0.15, 0.2) is 0 Å². The highest BCUT2D eigenvalue weighted by Gasteiger charge is 2.17. The summed E-state index contributed by atoms with van der Waals surface area (Å²) in [5.74, 6) is -0.122. The Balaban J connectivity index is 2.16. The van der Waals surface area contributed by atoms with E-state index in [2.05, 4.69) is 5.32 Å². The second-order valence-electron chi connectivity index (χ2n) is 4.99. The van der Waals surface area contributed by atoms with Crippen LogP contribution in [0, 0.1) is 5.82 Å². The second kappa shape index (κ2) is 5.50. The number of para-hydroxylation sites is 1. The Bertz CT molecular complexity index is 370. The van der Waals surface area contributed by atoms with Crippen molar-refractivity contribution in [3.05, 3.63) is 29.6 Å². The van der Waals surface area contributed by atoms with Crippen molar-refractivity contribution in [2.24, 2.45) is 0 Å². The van der Waals surface area contributed by atoms with Gasteiger partial charge in [-0.3, -0.25) is 0 Å². The van der Waals surface area contributed by atoms with E-state index in [1.807, 2.05) is 25.1 Å². The first kappa shape index (κ1) is 12.4. The number of nitrogens with one attached hydrogen (secondary N) is 1. The van der Waals surface area contributed by atoms with Crippen molar-refractivity contribution in [2.45, 2.75) is 31.7 Å². The van der Waals surface area contributed by atoms with E-state index in [0.717, 1.165) is 24.2 Å². The van der Waals surface area contributed by atoms with Crippen molar-refractivity contribution < 1.29 is 4.39 Å². The summed E-state index contributed by atoms with van der Waals surface area (Å²) in [4.78, 5) is 1.87. The van der Waals surface area contributed by atoms with Gasteiger partial charge in [-0.15, -0.1) is 0 Å². The number of benzene rings is 1. The van der Waals surface area contributed by atoms with Gasteiger partial charge in [0.05, 0.1) is 5.69 Å². The van der Waals surface area contributed by atoms with Crippen LogP contribution in [0.15, 0.2) is 18.2 Å². The minimum atomic E-state index is -0.122. The molecule has 0 radical (unpaired) electrons. The first-order valence-electron chi connectivity index (χ1n) is 6.36. The fourth-order valence-corrected chi connectivity index (χ4v) is 2.59. The van der Waals surface area contributed by atoms with E-state index in [1.54, 1.807) is 6.07 Å². The zero-order valence-corrected chi connectivity index (χ0v) is 10.7. The van der Waals surface area contributed by atoms with Crippen LogP contribution in [0.5, 0.6) is 0 Å². The van der Waals surface area contributed by atoms with E-state index in [-0.39, 0.29) is 5.82 Å². The van der Waals surface area contributed by atoms with Gasteiger partial charge in [0, 0.05) is 20.1 Å². The Morgan fingerprint density at radius 3 is 2.82 bits per heavy atom. The molecule has 1 unspecified atom stereocenters. The fraction of sp³-hybridized carbons (Fsp3) is 0.571. The third-order valence-electron chi connectivity index (χ3n) is 3.40. The molecule has 0 spiro atoms. The van der Waals surface area contributed by atoms with Crippen molar-refractivity contribution in [3.63, 3.8) is 0 Å². The molecule has 1 aliphatic rings. The molecule has 1 fully saturated rings. The summed E-state index contributed by atoms with van der Waals surface area (Å²) >= 11 is 0. The van der Waals surface area contributed by atoms with Crippen molar-refractivity contribution in [3.8, 4) is 0 Å².